The van der Waals surface area contributed by atoms with Gasteiger partial charge in [-0.25, -0.2) is 0 Å². The van der Waals surface area contributed by atoms with Crippen LogP contribution in [0.3, 0.4) is 0 Å². The van der Waals surface area contributed by atoms with Crippen molar-refractivity contribution in [2.45, 2.75) is 0 Å². The molecule has 0 saturated heterocycles. The fourth-order valence-corrected chi connectivity index (χ4v) is 0. The van der Waals surface area contributed by atoms with Crippen molar-refractivity contribution in [3.63, 3.8) is 0 Å². The van der Waals surface area contributed by atoms with Crippen LogP contribution in [0.15, 0.2) is 0 Å². The molecule has 0 aliphatic rings. The van der Waals surface area contributed by atoms with Gasteiger partial charge >= 0.3 is 0 Å². The van der Waals surface area contributed by atoms with Gasteiger partial charge in [-0.3, -0.25) is 0 Å². The Hall–Kier alpha value is 1.80. The molecule has 1 radical (unpaired) electrons. The Morgan fingerprint density at radius 2 is 0.385 bits per heavy atom. The van der Waals surface area contributed by atoms with Crippen LogP contribution >= 0.6 is 23.8 Å². The van der Waals surface area contributed by atoms with E-state index in [1.807, 2.05) is 0 Å². The van der Waals surface area contributed by atoms with Crippen molar-refractivity contribution < 1.29 is 16.8 Å². The molecular weight excluding hydrogens is 260 g/mol. The molecule has 0 bridgehead atoms. The summed E-state index contributed by atoms with van der Waals surface area (Å²) in [6.45, 7) is 20.1. The average molecular weight is 287 g/mol. The molecule has 0 aliphatic carbocycles. The maximum atomic E-state index is 2.23. The van der Waals surface area contributed by atoms with Crippen LogP contribution in [0.4, 0.5) is 0 Å². The molecule has 87 valence electrons. The maximum Gasteiger partial charge on any atom is 0 e. The Labute approximate surface area is 100 Å². The summed E-state index contributed by atoms with van der Waals surface area (Å²) in [6, 6.07) is 0. The zero-order valence-electron chi connectivity index (χ0n) is 10.7. The van der Waals surface area contributed by atoms with Gasteiger partial charge in [-0.15, -0.1) is 23.8 Å². The predicted molar refractivity (Wildman–Crippen MR) is 74.1 cm³/mol. The van der Waals surface area contributed by atoms with E-state index >= 15 is 0 Å². The molecule has 0 aromatic rings. The van der Waals surface area contributed by atoms with Gasteiger partial charge in [0.05, 0.1) is 0 Å². The van der Waals surface area contributed by atoms with Crippen LogP contribution in [0, 0.1) is 0 Å². The molecule has 0 atom stereocenters. The standard InChI is InChI=1S/3C3H9P.Co/c3*1-4(2)3;/h3*1-3H3;. The molecule has 0 heterocycles. The van der Waals surface area contributed by atoms with Gasteiger partial charge in [-0.1, -0.05) is 0 Å². The van der Waals surface area contributed by atoms with Crippen molar-refractivity contribution in [3.05, 3.63) is 0 Å². The van der Waals surface area contributed by atoms with E-state index in [0.717, 1.165) is 0 Å². The van der Waals surface area contributed by atoms with E-state index in [1.165, 1.54) is 0 Å². The van der Waals surface area contributed by atoms with Crippen molar-refractivity contribution in [2.24, 2.45) is 0 Å². The van der Waals surface area contributed by atoms with Crippen LogP contribution in [0.25, 0.3) is 0 Å². The van der Waals surface area contributed by atoms with E-state index in [-0.39, 0.29) is 16.8 Å². The Bertz CT molecular complexity index is 43.4. The molecule has 0 fully saturated rings. The first-order chi connectivity index (χ1) is 5.20. The second-order valence-electron chi connectivity index (χ2n) is 4.02. The zero-order valence-corrected chi connectivity index (χ0v) is 14.4. The van der Waals surface area contributed by atoms with Crippen molar-refractivity contribution in [3.8, 4) is 0 Å². The van der Waals surface area contributed by atoms with E-state index in [2.05, 4.69) is 60.0 Å². The Balaban J connectivity index is -0.0000000450. The summed E-state index contributed by atoms with van der Waals surface area (Å²) in [6.07, 6.45) is 0. The van der Waals surface area contributed by atoms with Crippen LogP contribution in [-0.2, 0) is 16.8 Å². The van der Waals surface area contributed by atoms with E-state index in [4.69, 9.17) is 0 Å². The first kappa shape index (κ1) is 24.2. The molecule has 0 saturated carbocycles. The summed E-state index contributed by atoms with van der Waals surface area (Å²) in [7, 11) is 1.14. The van der Waals surface area contributed by atoms with Crippen LogP contribution in [0.5, 0.6) is 0 Å². The van der Waals surface area contributed by atoms with Gasteiger partial charge in [-0.05, 0) is 60.0 Å². The van der Waals surface area contributed by atoms with Crippen molar-refractivity contribution in [1.29, 1.82) is 0 Å². The van der Waals surface area contributed by atoms with Crippen LogP contribution in [0.1, 0.15) is 0 Å². The molecule has 0 unspecified atom stereocenters. The van der Waals surface area contributed by atoms with Gasteiger partial charge in [-0.2, -0.15) is 0 Å². The number of hydrogen-bond acceptors (Lipinski definition) is 0. The van der Waals surface area contributed by atoms with Crippen molar-refractivity contribution >= 4 is 23.8 Å². The third-order valence-corrected chi connectivity index (χ3v) is 0. The summed E-state index contributed by atoms with van der Waals surface area (Å²) in [5.41, 5.74) is 0. The topological polar surface area (TPSA) is 0 Å². The molecule has 4 heteroatoms. The van der Waals surface area contributed by atoms with Crippen molar-refractivity contribution in [1.82, 2.24) is 0 Å². The molecule has 0 rings (SSSR count). The van der Waals surface area contributed by atoms with Crippen LogP contribution in [0.2, 0.25) is 0 Å². The number of hydrogen-bond donors (Lipinski definition) is 0. The summed E-state index contributed by atoms with van der Waals surface area (Å²) in [5, 5.41) is 0. The smallest absolute Gasteiger partial charge is 0 e. The predicted octanol–water partition coefficient (Wildman–Crippen LogP) is 4.07. The van der Waals surface area contributed by atoms with Crippen LogP contribution < -0.4 is 0 Å². The van der Waals surface area contributed by atoms with E-state index < -0.39 is 0 Å². The van der Waals surface area contributed by atoms with Crippen molar-refractivity contribution in [2.75, 3.05) is 60.0 Å². The molecule has 0 aromatic heterocycles. The van der Waals surface area contributed by atoms with E-state index in [0.29, 0.717) is 23.8 Å². The average Bonchev–Trinajstić information content (AvgIpc) is 1.54. The molecule has 0 spiro atoms. The molecular formula is C9H27CoP3. The van der Waals surface area contributed by atoms with Gasteiger partial charge in [0.15, 0.2) is 0 Å². The minimum atomic E-state index is 0. The zero-order chi connectivity index (χ0) is 10.7. The minimum absolute atomic E-state index is 0. The third-order valence-electron chi connectivity index (χ3n) is 0. The molecule has 13 heavy (non-hydrogen) atoms. The monoisotopic (exact) mass is 287 g/mol. The normalized spacial score (nSPS) is 8.31. The maximum absolute atomic E-state index is 2.23. The molecule has 0 aromatic carbocycles. The molecule has 0 amide bonds. The summed E-state index contributed by atoms with van der Waals surface area (Å²) < 4.78 is 0. The van der Waals surface area contributed by atoms with Gasteiger partial charge in [0, 0.05) is 16.8 Å². The van der Waals surface area contributed by atoms with E-state index in [1.54, 1.807) is 0 Å². The fraction of sp³-hybridized carbons (Fsp3) is 1.00. The molecule has 0 nitrogen and oxygen atoms in total. The third kappa shape index (κ3) is 595. The first-order valence-corrected chi connectivity index (χ1v) is 12.1. The second kappa shape index (κ2) is 19.4. The largest absolute Gasteiger partial charge is 0.116 e. The molecule has 0 aliphatic heterocycles. The summed E-state index contributed by atoms with van der Waals surface area (Å²) in [4.78, 5) is 0. The SMILES string of the molecule is CP(C)C.CP(C)C.CP(C)C.[Co]. The summed E-state index contributed by atoms with van der Waals surface area (Å²) >= 11 is 0. The second-order valence-corrected chi connectivity index (χ2v) is 12.1. The minimum Gasteiger partial charge on any atom is -0.116 e. The summed E-state index contributed by atoms with van der Waals surface area (Å²) in [5.74, 6) is 0. The van der Waals surface area contributed by atoms with E-state index in [9.17, 15) is 0 Å². The Morgan fingerprint density at radius 1 is 0.385 bits per heavy atom. The Morgan fingerprint density at radius 3 is 0.385 bits per heavy atom. The quantitative estimate of drug-likeness (QED) is 0.589. The number of rotatable bonds is 0. The van der Waals surface area contributed by atoms with Gasteiger partial charge in [0.25, 0.3) is 0 Å². The fourth-order valence-electron chi connectivity index (χ4n) is 0. The molecule has 0 N–H and O–H groups in total. The first-order valence-electron chi connectivity index (χ1n) is 4.02. The van der Waals surface area contributed by atoms with Gasteiger partial charge in [0.1, 0.15) is 0 Å². The Kier molecular flexibility index (Phi) is 36.0. The van der Waals surface area contributed by atoms with Crippen LogP contribution in [-0.4, -0.2) is 60.0 Å². The van der Waals surface area contributed by atoms with Gasteiger partial charge < -0.3 is 0 Å². The van der Waals surface area contributed by atoms with Gasteiger partial charge in [0.2, 0.25) is 0 Å².